The van der Waals surface area contributed by atoms with Gasteiger partial charge in [-0.2, -0.15) is 8.74 Å². The number of nitrogens with zero attached hydrogens (tertiary/aromatic N) is 2. The molecule has 1 amide bonds. The Hall–Kier alpha value is -1.11. The van der Waals surface area contributed by atoms with Crippen molar-refractivity contribution >= 4 is 38.4 Å². The van der Waals surface area contributed by atoms with Crippen LogP contribution < -0.4 is 5.14 Å². The Balaban J connectivity index is 2.19. The Morgan fingerprint density at radius 3 is 2.95 bits per heavy atom. The highest BCUT2D eigenvalue weighted by Crippen LogP contribution is 2.24. The van der Waals surface area contributed by atoms with Crippen LogP contribution in [-0.2, 0) is 15.7 Å². The first-order valence-corrected chi connectivity index (χ1v) is 8.17. The Morgan fingerprint density at radius 2 is 2.21 bits per heavy atom. The second-order valence-corrected chi connectivity index (χ2v) is 6.72. The minimum atomic E-state index is -0.947. The Labute approximate surface area is 119 Å². The molecule has 0 aliphatic heterocycles. The number of amides is 1. The molecule has 0 radical (unpaired) electrons. The van der Waals surface area contributed by atoms with Crippen LogP contribution in [0.1, 0.15) is 26.7 Å². The van der Waals surface area contributed by atoms with E-state index in [1.807, 2.05) is 24.3 Å². The fourth-order valence-electron chi connectivity index (χ4n) is 1.62. The van der Waals surface area contributed by atoms with Gasteiger partial charge < -0.3 is 0 Å². The maximum Gasteiger partial charge on any atom is 0.253 e. The van der Waals surface area contributed by atoms with Crippen LogP contribution in [0.2, 0.25) is 0 Å². The Morgan fingerprint density at radius 1 is 1.47 bits per heavy atom. The second kappa shape index (κ2) is 6.36. The van der Waals surface area contributed by atoms with E-state index < -0.39 is 10.9 Å². The zero-order chi connectivity index (χ0) is 13.8. The third kappa shape index (κ3) is 3.68. The quantitative estimate of drug-likeness (QED) is 0.941. The molecule has 2 aromatic rings. The molecule has 1 heterocycles. The van der Waals surface area contributed by atoms with E-state index in [0.29, 0.717) is 12.3 Å². The lowest BCUT2D eigenvalue weighted by molar-refractivity contribution is -0.117. The molecule has 19 heavy (non-hydrogen) atoms. The third-order valence-corrected chi connectivity index (χ3v) is 4.73. The lowest BCUT2D eigenvalue weighted by Crippen LogP contribution is -2.08. The number of carbonyl (C=O) groups excluding carboxylic acids is 1. The number of aromatic nitrogens is 1. The average Bonchev–Trinajstić information content (AvgIpc) is 2.80. The molecular formula is C13H17N3OS2. The molecule has 0 saturated carbocycles. The number of hydrogen-bond acceptors (Lipinski definition) is 3. The van der Waals surface area contributed by atoms with Gasteiger partial charge in [-0.15, -0.1) is 0 Å². The van der Waals surface area contributed by atoms with Crippen LogP contribution >= 0.6 is 11.5 Å². The Bertz CT molecular complexity index is 619. The molecule has 102 valence electrons. The number of nitrogens with two attached hydrogens (primary N) is 1. The van der Waals surface area contributed by atoms with Gasteiger partial charge in [0.15, 0.2) is 0 Å². The van der Waals surface area contributed by atoms with Crippen LogP contribution in [0.4, 0.5) is 0 Å². The van der Waals surface area contributed by atoms with Gasteiger partial charge in [0.1, 0.15) is 5.03 Å². The molecule has 4 nitrogen and oxygen atoms in total. The van der Waals surface area contributed by atoms with Crippen LogP contribution in [0.5, 0.6) is 0 Å². The van der Waals surface area contributed by atoms with E-state index in [2.05, 4.69) is 22.6 Å². The predicted octanol–water partition coefficient (Wildman–Crippen LogP) is 3.29. The zero-order valence-corrected chi connectivity index (χ0v) is 12.6. The molecule has 6 heteroatoms. The normalized spacial score (nSPS) is 13.3. The van der Waals surface area contributed by atoms with E-state index in [-0.39, 0.29) is 5.91 Å². The lowest BCUT2D eigenvalue weighted by atomic mass is 10.1. The highest BCUT2D eigenvalue weighted by atomic mass is 32.2. The molecule has 0 bridgehead atoms. The third-order valence-electron chi connectivity index (χ3n) is 2.68. The van der Waals surface area contributed by atoms with Gasteiger partial charge in [-0.3, -0.25) is 9.93 Å². The fraction of sp³-hybridized carbons (Fsp3) is 0.385. The van der Waals surface area contributed by atoms with Gasteiger partial charge in [-0.05, 0) is 29.9 Å². The summed E-state index contributed by atoms with van der Waals surface area (Å²) in [6.07, 6.45) is 1.30. The van der Waals surface area contributed by atoms with Crippen molar-refractivity contribution in [2.24, 2.45) is 15.4 Å². The largest absolute Gasteiger partial charge is 0.272 e. The molecule has 2 N–H and O–H groups in total. The lowest BCUT2D eigenvalue weighted by Gasteiger charge is -2.01. The van der Waals surface area contributed by atoms with E-state index in [4.69, 9.17) is 5.14 Å². The summed E-state index contributed by atoms with van der Waals surface area (Å²) < 4.78 is 9.45. The van der Waals surface area contributed by atoms with Gasteiger partial charge in [-0.1, -0.05) is 32.0 Å². The number of fused-ring (bicyclic) bond motifs is 1. The van der Waals surface area contributed by atoms with Crippen LogP contribution in [0.3, 0.4) is 0 Å². The first kappa shape index (κ1) is 14.3. The first-order valence-electron chi connectivity index (χ1n) is 6.15. The van der Waals surface area contributed by atoms with Crippen molar-refractivity contribution in [1.29, 1.82) is 0 Å². The van der Waals surface area contributed by atoms with Crippen molar-refractivity contribution in [3.63, 3.8) is 0 Å². The number of carbonyl (C=O) groups is 1. The van der Waals surface area contributed by atoms with Crippen molar-refractivity contribution < 1.29 is 4.79 Å². The molecule has 0 spiro atoms. The topological polar surface area (TPSA) is 68.3 Å². The Kier molecular flexibility index (Phi) is 4.79. The van der Waals surface area contributed by atoms with Gasteiger partial charge in [0, 0.05) is 22.7 Å². The van der Waals surface area contributed by atoms with E-state index >= 15 is 0 Å². The zero-order valence-electron chi connectivity index (χ0n) is 11.0. The average molecular weight is 295 g/mol. The summed E-state index contributed by atoms with van der Waals surface area (Å²) in [4.78, 5) is 11.7. The van der Waals surface area contributed by atoms with E-state index in [9.17, 15) is 4.79 Å². The van der Waals surface area contributed by atoms with Crippen LogP contribution in [0.15, 0.2) is 33.7 Å². The summed E-state index contributed by atoms with van der Waals surface area (Å²) in [5.74, 6) is 0.371. The summed E-state index contributed by atoms with van der Waals surface area (Å²) in [6.45, 7) is 4.17. The maximum atomic E-state index is 11.7. The van der Waals surface area contributed by atoms with Crippen molar-refractivity contribution in [3.05, 3.63) is 24.3 Å². The summed E-state index contributed by atoms with van der Waals surface area (Å²) in [7, 11) is -0.947. The second-order valence-electron chi connectivity index (χ2n) is 4.72. The molecule has 0 aliphatic rings. The van der Waals surface area contributed by atoms with Crippen molar-refractivity contribution in [1.82, 2.24) is 4.37 Å². The van der Waals surface area contributed by atoms with Crippen molar-refractivity contribution in [3.8, 4) is 0 Å². The predicted molar refractivity (Wildman–Crippen MR) is 80.9 cm³/mol. The fourth-order valence-corrected chi connectivity index (χ4v) is 3.59. The van der Waals surface area contributed by atoms with Gasteiger partial charge in [0.2, 0.25) is 0 Å². The molecule has 0 aliphatic carbocycles. The van der Waals surface area contributed by atoms with Crippen LogP contribution in [0, 0.1) is 5.92 Å². The monoisotopic (exact) mass is 295 g/mol. The molecule has 0 fully saturated rings. The van der Waals surface area contributed by atoms with Gasteiger partial charge in [0.05, 0.1) is 4.70 Å². The van der Waals surface area contributed by atoms with Crippen LogP contribution in [-0.4, -0.2) is 10.3 Å². The number of hydrogen-bond donors (Lipinski definition) is 1. The number of benzene rings is 1. The first-order chi connectivity index (χ1) is 9.08. The minimum absolute atomic E-state index is 0.128. The van der Waals surface area contributed by atoms with E-state index in [1.165, 1.54) is 11.5 Å². The van der Waals surface area contributed by atoms with E-state index in [1.54, 1.807) is 0 Å². The summed E-state index contributed by atoms with van der Waals surface area (Å²) >= 11 is 1.39. The molecule has 2 rings (SSSR count). The maximum absolute atomic E-state index is 11.7. The highest BCUT2D eigenvalue weighted by molar-refractivity contribution is 7.85. The van der Waals surface area contributed by atoms with Crippen molar-refractivity contribution in [2.75, 3.05) is 0 Å². The summed E-state index contributed by atoms with van der Waals surface area (Å²) in [5.41, 5.74) is 0. The molecule has 1 atom stereocenters. The van der Waals surface area contributed by atoms with Crippen LogP contribution in [0.25, 0.3) is 10.1 Å². The molecule has 1 aromatic carbocycles. The highest BCUT2D eigenvalue weighted by Gasteiger charge is 2.10. The minimum Gasteiger partial charge on any atom is -0.272 e. The molecule has 0 saturated heterocycles. The summed E-state index contributed by atoms with van der Waals surface area (Å²) in [6, 6.07) is 7.87. The van der Waals surface area contributed by atoms with Gasteiger partial charge in [0.25, 0.3) is 5.91 Å². The van der Waals surface area contributed by atoms with Crippen molar-refractivity contribution in [2.45, 2.75) is 31.7 Å². The summed E-state index contributed by atoms with van der Waals surface area (Å²) in [5, 5.41) is 7.72. The molecule has 1 aromatic heterocycles. The molecule has 0 unspecified atom stereocenters. The SMILES string of the molecule is CC(C)CCC(=O)N=[S@](N)c1nsc2ccccc12. The van der Waals surface area contributed by atoms with Gasteiger partial charge in [-0.25, -0.2) is 0 Å². The smallest absolute Gasteiger partial charge is 0.253 e. The van der Waals surface area contributed by atoms with Gasteiger partial charge >= 0.3 is 0 Å². The molecular weight excluding hydrogens is 278 g/mol. The number of rotatable bonds is 4. The standard InChI is InChI=1S/C13H17N3OS2/c1-9(2)7-8-12(17)16-19(14)13-10-5-3-4-6-11(10)18-15-13/h3-6,9H,7-8H2,1-2H3,(H2,14,16,17)/t19-/m0/s1. The van der Waals surface area contributed by atoms with E-state index in [0.717, 1.165) is 21.5 Å².